The van der Waals surface area contributed by atoms with Crippen molar-refractivity contribution >= 4 is 0 Å². The van der Waals surface area contributed by atoms with Crippen molar-refractivity contribution in [1.82, 2.24) is 40.1 Å². The summed E-state index contributed by atoms with van der Waals surface area (Å²) in [5, 5.41) is 7.52. The van der Waals surface area contributed by atoms with Crippen molar-refractivity contribution in [2.24, 2.45) is 0 Å². The SMILES string of the molecule is C.C.C.C.CC.CC.CC.CC.Cc1ccc(C)c(C)n1.Cc1ccnc(C)c1C.Cc1ccnnc1C.Cc1nc(C)c(C)c(C)n1.Cc1nccnc1C.[3HH].[U].[V].[W]. The van der Waals surface area contributed by atoms with Crippen LogP contribution in [0, 0.1) is 128 Å². The number of hydrogen-bond donors (Lipinski definition) is 0. The molecule has 0 aliphatic carbocycles. The maximum Gasteiger partial charge on any atom is 0.125 e. The Morgan fingerprint density at radius 3 is 1.03 bits per heavy atom. The molecular weight excluding hydrogens is 1160 g/mol. The molecule has 11 heteroatoms. The number of pyridine rings is 2. The maximum atomic E-state index is 4.27. The summed E-state index contributed by atoms with van der Waals surface area (Å²) in [5.74, 6) is 0.862. The van der Waals surface area contributed by atoms with E-state index in [2.05, 4.69) is 66.9 Å². The van der Waals surface area contributed by atoms with Crippen LogP contribution in [0.5, 0.6) is 0 Å². The average molecular weight is 1260 g/mol. The van der Waals surface area contributed by atoms with Gasteiger partial charge in [-0.3, -0.25) is 19.9 Å². The van der Waals surface area contributed by atoms with E-state index < -0.39 is 0 Å². The minimum absolute atomic E-state index is 0. The van der Waals surface area contributed by atoms with Crippen LogP contribution in [0.3, 0.4) is 0 Å². The van der Waals surface area contributed by atoms with Crippen LogP contribution in [-0.2, 0) is 39.6 Å². The fraction of sp³-hybridized carbons (Fsp3) is 0.542. The largest absolute Gasteiger partial charge is 0.261 e. The van der Waals surface area contributed by atoms with E-state index in [-0.39, 0.29) is 102 Å². The maximum absolute atomic E-state index is 4.27. The molecule has 0 unspecified atom stereocenters. The van der Waals surface area contributed by atoms with Crippen molar-refractivity contribution in [3.63, 3.8) is 0 Å². The first-order valence-corrected chi connectivity index (χ1v) is 18.7. The monoisotopic (exact) mass is 1260 g/mol. The minimum Gasteiger partial charge on any atom is -0.261 e. The van der Waals surface area contributed by atoms with E-state index in [1.807, 2.05) is 156 Å². The Morgan fingerprint density at radius 1 is 0.373 bits per heavy atom. The van der Waals surface area contributed by atoms with Crippen molar-refractivity contribution in [2.75, 3.05) is 0 Å². The molecule has 0 N–H and O–H groups in total. The van der Waals surface area contributed by atoms with Crippen LogP contribution in [-0.4, -0.2) is 40.1 Å². The number of rotatable bonds is 0. The van der Waals surface area contributed by atoms with Crippen molar-refractivity contribution in [2.45, 2.75) is 182 Å². The van der Waals surface area contributed by atoms with Gasteiger partial charge in [0, 0.05) is 125 Å². The molecule has 5 rings (SSSR count). The minimum atomic E-state index is 0. The van der Waals surface area contributed by atoms with E-state index >= 15 is 0 Å². The summed E-state index contributed by atoms with van der Waals surface area (Å²) in [6.45, 7) is 44.2. The Labute approximate surface area is 419 Å². The van der Waals surface area contributed by atoms with Gasteiger partial charge < -0.3 is 0 Å². The van der Waals surface area contributed by atoms with Gasteiger partial charge in [0.05, 0.1) is 17.1 Å². The quantitative estimate of drug-likeness (QED) is 0.151. The summed E-state index contributed by atoms with van der Waals surface area (Å²) in [6.07, 6.45) is 6.94. The zero-order chi connectivity index (χ0) is 41.4. The molecule has 0 spiro atoms. The fourth-order valence-corrected chi connectivity index (χ4v) is 3.41. The summed E-state index contributed by atoms with van der Waals surface area (Å²) in [4.78, 5) is 24.9. The molecule has 0 fully saturated rings. The van der Waals surface area contributed by atoms with Crippen LogP contribution in [0.4, 0.5) is 0 Å². The number of aryl methyl sites for hydroxylation is 12. The van der Waals surface area contributed by atoms with Crippen molar-refractivity contribution in [3.05, 3.63) is 128 Å². The Morgan fingerprint density at radius 2 is 0.746 bits per heavy atom. The van der Waals surface area contributed by atoms with E-state index in [1.54, 1.807) is 18.6 Å². The third-order valence-electron chi connectivity index (χ3n) is 7.26. The number of aromatic nitrogens is 8. The summed E-state index contributed by atoms with van der Waals surface area (Å²) in [6, 6.07) is 8.10. The van der Waals surface area contributed by atoms with Gasteiger partial charge in [0.25, 0.3) is 0 Å². The first-order chi connectivity index (χ1) is 24.6. The molecule has 1 radical (unpaired) electrons. The van der Waals surface area contributed by atoms with Crippen LogP contribution in [0.25, 0.3) is 0 Å². The van der Waals surface area contributed by atoms with Gasteiger partial charge in [-0.1, -0.05) is 91.2 Å². The molecule has 5 heterocycles. The topological polar surface area (TPSA) is 103 Å². The Hall–Kier alpha value is -2.14. The van der Waals surface area contributed by atoms with E-state index in [1.165, 1.54) is 27.8 Å². The predicted molar refractivity (Wildman–Crippen MR) is 255 cm³/mol. The second-order valence-electron chi connectivity index (χ2n) is 10.8. The number of hydrogen-bond acceptors (Lipinski definition) is 8. The molecule has 0 saturated carbocycles. The van der Waals surface area contributed by atoms with Gasteiger partial charge in [-0.05, 0) is 143 Å². The van der Waals surface area contributed by atoms with Gasteiger partial charge >= 0.3 is 0 Å². The van der Waals surface area contributed by atoms with Gasteiger partial charge in [0.15, 0.2) is 0 Å². The third kappa shape index (κ3) is 41.0. The van der Waals surface area contributed by atoms with Gasteiger partial charge in [0.2, 0.25) is 0 Å². The fourth-order valence-electron chi connectivity index (χ4n) is 3.41. The normalized spacial score (nSPS) is 7.56. The zero-order valence-corrected chi connectivity index (χ0v) is 47.0. The Bertz CT molecular complexity index is 1520. The molecule has 0 aliphatic rings. The summed E-state index contributed by atoms with van der Waals surface area (Å²) in [5.41, 5.74) is 14.8. The van der Waals surface area contributed by atoms with Gasteiger partial charge in [0.1, 0.15) is 5.82 Å². The molecule has 8 nitrogen and oxygen atoms in total. The van der Waals surface area contributed by atoms with Crippen LogP contribution < -0.4 is 0 Å². The van der Waals surface area contributed by atoms with Gasteiger partial charge in [-0.25, -0.2) is 9.97 Å². The molecule has 5 aromatic heterocycles. The molecule has 0 amide bonds. The van der Waals surface area contributed by atoms with Gasteiger partial charge in [-0.15, -0.1) is 0 Å². The van der Waals surface area contributed by atoms with Crippen molar-refractivity contribution in [3.8, 4) is 0 Å². The molecule has 339 valence electrons. The summed E-state index contributed by atoms with van der Waals surface area (Å²) >= 11 is 0. The van der Waals surface area contributed by atoms with Crippen LogP contribution >= 0.6 is 0 Å². The second-order valence-corrected chi connectivity index (χ2v) is 10.8. The smallest absolute Gasteiger partial charge is 0.125 e. The van der Waals surface area contributed by atoms with E-state index in [4.69, 9.17) is 0 Å². The Kier molecular flexibility index (Phi) is 77.0. The van der Waals surface area contributed by atoms with Crippen LogP contribution in [0.15, 0.2) is 49.1 Å². The molecule has 0 aliphatic heterocycles. The Balaban J connectivity index is -0.0000000446. The standard InChI is InChI=1S/C8H12N2.2C8H11N.2C6H8N2.4C2H6.4CH4.U.V.W.H2/c1-5-6(2)9-8(4)10-7(5)3;1-6-4-5-9-8(3)7(6)2;1-6-4-5-7(2)9-8(6)3;1-5-6(2)8-4-3-7-5;1-5-3-4-7-8-6(5)2;4*1-2;;;;;;;;/h1-4H3;2*4-5H,1-3H3;2*3-4H,1-2H3;4*1-2H3;4*1H4;;;;1H/i;;;;;;;;;;;;;;;;1+2. The first-order valence-electron chi connectivity index (χ1n) is 18.7. The molecular formula is C48H92N8UVW. The van der Waals surface area contributed by atoms with E-state index in [0.717, 1.165) is 51.4 Å². The molecule has 59 heavy (non-hydrogen) atoms. The number of nitrogens with zero attached hydrogens (tertiary/aromatic N) is 8. The summed E-state index contributed by atoms with van der Waals surface area (Å²) in [7, 11) is 0. The second kappa shape index (κ2) is 53.9. The molecule has 0 atom stereocenters. The van der Waals surface area contributed by atoms with Crippen molar-refractivity contribution < 1.29 is 72.2 Å². The van der Waals surface area contributed by atoms with Crippen molar-refractivity contribution in [1.29, 1.82) is 0 Å². The third-order valence-corrected chi connectivity index (χ3v) is 7.26. The molecule has 5 aromatic rings. The zero-order valence-electron chi connectivity index (χ0n) is 38.6. The van der Waals surface area contributed by atoms with Crippen LogP contribution in [0.2, 0.25) is 0 Å². The molecule has 0 bridgehead atoms. The van der Waals surface area contributed by atoms with Gasteiger partial charge in [-0.2, -0.15) is 10.2 Å². The van der Waals surface area contributed by atoms with E-state index in [0.29, 0.717) is 0 Å². The van der Waals surface area contributed by atoms with E-state index in [9.17, 15) is 0 Å². The molecule has 0 saturated heterocycles. The predicted octanol–water partition coefficient (Wildman–Crippen LogP) is 14.8. The molecule has 0 aromatic carbocycles. The first kappa shape index (κ1) is 84.4. The average Bonchev–Trinajstić information content (AvgIpc) is 3.15. The summed E-state index contributed by atoms with van der Waals surface area (Å²) < 4.78 is 0. The van der Waals surface area contributed by atoms with Crippen LogP contribution in [0.1, 0.15) is 166 Å².